The van der Waals surface area contributed by atoms with Crippen LogP contribution in [0.4, 0.5) is 8.78 Å². The molecule has 0 spiro atoms. The van der Waals surface area contributed by atoms with E-state index in [2.05, 4.69) is 5.43 Å². The molecule has 1 atom stereocenters. The molecule has 11 heteroatoms. The van der Waals surface area contributed by atoms with Crippen LogP contribution in [0.3, 0.4) is 0 Å². The van der Waals surface area contributed by atoms with Gasteiger partial charge in [0.15, 0.2) is 6.10 Å². The smallest absolute Gasteiger partial charge is 0.333 e. The van der Waals surface area contributed by atoms with Gasteiger partial charge in [-0.1, -0.05) is 24.3 Å². The molecule has 0 aliphatic heterocycles. The first-order valence-electron chi connectivity index (χ1n) is 8.92. The lowest BCUT2D eigenvalue weighted by Crippen LogP contribution is -2.47. The number of halogens is 2. The van der Waals surface area contributed by atoms with Crippen LogP contribution in [0.1, 0.15) is 16.1 Å². The first-order chi connectivity index (χ1) is 14.7. The quantitative estimate of drug-likeness (QED) is 0.395. The molecule has 1 aromatic heterocycles. The molecule has 162 valence electrons. The number of aliphatic hydroxyl groups excluding tert-OH is 1. The summed E-state index contributed by atoms with van der Waals surface area (Å²) in [6.07, 6.45) is -1.80. The molecule has 9 nitrogen and oxygen atoms in total. The topological polar surface area (TPSA) is 136 Å². The zero-order valence-corrected chi connectivity index (χ0v) is 15.8. The number of aliphatic carboxylic acids is 1. The van der Waals surface area contributed by atoms with Gasteiger partial charge in [-0.15, -0.1) is 0 Å². The summed E-state index contributed by atoms with van der Waals surface area (Å²) in [4.78, 5) is 34.3. The van der Waals surface area contributed by atoms with E-state index in [9.17, 15) is 28.3 Å². The summed E-state index contributed by atoms with van der Waals surface area (Å²) in [6, 6.07) is 10.5. The van der Waals surface area contributed by atoms with E-state index in [4.69, 9.17) is 9.63 Å². The normalized spacial score (nSPS) is 12.0. The van der Waals surface area contributed by atoms with Gasteiger partial charge in [0.25, 0.3) is 5.56 Å². The molecule has 0 aliphatic rings. The molecule has 0 saturated carbocycles. The van der Waals surface area contributed by atoms with Crippen molar-refractivity contribution in [3.05, 3.63) is 81.8 Å². The lowest BCUT2D eigenvalue weighted by atomic mass is 10.0. The highest BCUT2D eigenvalue weighted by Crippen LogP contribution is 2.22. The largest absolute Gasteiger partial charge is 0.479 e. The summed E-state index contributed by atoms with van der Waals surface area (Å²) in [5.74, 6) is -4.08. The number of H-pyrrole nitrogens is 1. The molecule has 3 rings (SSSR count). The van der Waals surface area contributed by atoms with Gasteiger partial charge in [-0.2, -0.15) is 5.16 Å². The monoisotopic (exact) mass is 433 g/mol. The predicted molar refractivity (Wildman–Crippen MR) is 103 cm³/mol. The minimum atomic E-state index is -1.80. The van der Waals surface area contributed by atoms with Gasteiger partial charge in [0.1, 0.15) is 11.6 Å². The van der Waals surface area contributed by atoms with Crippen molar-refractivity contribution in [3.63, 3.8) is 0 Å². The maximum Gasteiger partial charge on any atom is 0.333 e. The minimum Gasteiger partial charge on any atom is -0.479 e. The van der Waals surface area contributed by atoms with Gasteiger partial charge < -0.3 is 14.7 Å². The molecule has 0 fully saturated rings. The van der Waals surface area contributed by atoms with E-state index in [-0.39, 0.29) is 12.3 Å². The number of carbonyl (C=O) groups excluding carboxylic acids is 1. The van der Waals surface area contributed by atoms with Crippen LogP contribution < -0.4 is 11.0 Å². The number of hydrogen-bond donors (Lipinski definition) is 4. The van der Waals surface area contributed by atoms with Crippen LogP contribution in [0.5, 0.6) is 0 Å². The Morgan fingerprint density at radius 3 is 2.26 bits per heavy atom. The molecule has 0 aliphatic carbocycles. The molecule has 0 radical (unpaired) electrons. The third-order valence-electron chi connectivity index (χ3n) is 4.21. The molecule has 1 unspecified atom stereocenters. The van der Waals surface area contributed by atoms with Crippen molar-refractivity contribution in [1.29, 1.82) is 0 Å². The van der Waals surface area contributed by atoms with Crippen molar-refractivity contribution < 1.29 is 33.1 Å². The molecular formula is C20H17F2N3O6. The van der Waals surface area contributed by atoms with Gasteiger partial charge in [0.2, 0.25) is 5.76 Å². The SMILES string of the molecule is O=C(NN(Cc1ccc(-c2cc(F)cc(F)c2)cc1)CC(O)C(=O)O)c1cc(=O)[nH]o1. The third kappa shape index (κ3) is 5.84. The van der Waals surface area contributed by atoms with Crippen LogP contribution in [-0.4, -0.2) is 44.9 Å². The number of carbonyl (C=O) groups is 2. The number of hydrogen-bond acceptors (Lipinski definition) is 6. The number of aliphatic hydroxyl groups is 1. The number of nitrogens with zero attached hydrogens (tertiary/aromatic N) is 1. The standard InChI is InChI=1S/C20H17F2N3O6/c21-14-5-13(6-15(22)7-14)12-3-1-11(2-4-12)9-25(10-16(26)20(29)30)23-19(28)17-8-18(27)24-31-17/h1-8,16,26H,9-10H2,(H,23,28)(H,24,27)(H,29,30). The summed E-state index contributed by atoms with van der Waals surface area (Å²) in [5, 5.41) is 21.7. The second kappa shape index (κ2) is 9.32. The van der Waals surface area contributed by atoms with Crippen molar-refractivity contribution in [2.45, 2.75) is 12.6 Å². The number of carboxylic acid groups (broad SMARTS) is 1. The third-order valence-corrected chi connectivity index (χ3v) is 4.21. The van der Waals surface area contributed by atoms with Crippen LogP contribution in [0.2, 0.25) is 0 Å². The molecule has 4 N–H and O–H groups in total. The fourth-order valence-corrected chi connectivity index (χ4v) is 2.77. The van der Waals surface area contributed by atoms with Crippen molar-refractivity contribution in [2.24, 2.45) is 0 Å². The maximum atomic E-state index is 13.4. The van der Waals surface area contributed by atoms with E-state index < -0.39 is 41.7 Å². The van der Waals surface area contributed by atoms with Crippen molar-refractivity contribution in [2.75, 3.05) is 6.54 Å². The molecule has 3 aromatic rings. The lowest BCUT2D eigenvalue weighted by molar-refractivity contribution is -0.148. The fraction of sp³-hybridized carbons (Fsp3) is 0.150. The Bertz CT molecular complexity index is 1120. The van der Waals surface area contributed by atoms with E-state index in [1.54, 1.807) is 24.3 Å². The Kier molecular flexibility index (Phi) is 6.58. The van der Waals surface area contributed by atoms with Crippen LogP contribution >= 0.6 is 0 Å². The summed E-state index contributed by atoms with van der Waals surface area (Å²) < 4.78 is 31.6. The van der Waals surface area contributed by atoms with Crippen LogP contribution in [0.25, 0.3) is 11.1 Å². The number of nitrogens with one attached hydrogen (secondary N) is 2. The number of aromatic amines is 1. The summed E-state index contributed by atoms with van der Waals surface area (Å²) in [6.45, 7) is -0.491. The van der Waals surface area contributed by atoms with Gasteiger partial charge in [-0.25, -0.2) is 18.6 Å². The fourth-order valence-electron chi connectivity index (χ4n) is 2.77. The molecule has 31 heavy (non-hydrogen) atoms. The Hall–Kier alpha value is -3.83. The van der Waals surface area contributed by atoms with Crippen LogP contribution in [0, 0.1) is 11.6 Å². The highest BCUT2D eigenvalue weighted by Gasteiger charge is 2.22. The number of carboxylic acids is 1. The van der Waals surface area contributed by atoms with Crippen molar-refractivity contribution in [3.8, 4) is 11.1 Å². The molecule has 2 aromatic carbocycles. The number of rotatable bonds is 8. The second-order valence-electron chi connectivity index (χ2n) is 6.61. The molecule has 0 bridgehead atoms. The van der Waals surface area contributed by atoms with Crippen molar-refractivity contribution >= 4 is 11.9 Å². The van der Waals surface area contributed by atoms with Gasteiger partial charge >= 0.3 is 11.9 Å². The number of amides is 1. The maximum absolute atomic E-state index is 13.4. The van der Waals surface area contributed by atoms with Crippen molar-refractivity contribution in [1.82, 2.24) is 15.6 Å². The highest BCUT2D eigenvalue weighted by atomic mass is 19.1. The zero-order valence-electron chi connectivity index (χ0n) is 15.8. The average molecular weight is 433 g/mol. The summed E-state index contributed by atoms with van der Waals surface area (Å²) >= 11 is 0. The lowest BCUT2D eigenvalue weighted by Gasteiger charge is -2.24. The number of aromatic nitrogens is 1. The number of benzene rings is 2. The Labute approximate surface area is 173 Å². The first kappa shape index (κ1) is 21.9. The molecule has 1 amide bonds. The van der Waals surface area contributed by atoms with E-state index in [1.807, 2.05) is 5.16 Å². The predicted octanol–water partition coefficient (Wildman–Crippen LogP) is 1.51. The molecule has 0 saturated heterocycles. The van der Waals surface area contributed by atoms with Gasteiger partial charge in [0, 0.05) is 12.6 Å². The van der Waals surface area contributed by atoms with E-state index in [0.717, 1.165) is 17.1 Å². The molecule has 1 heterocycles. The average Bonchev–Trinajstić information content (AvgIpc) is 3.14. The molecular weight excluding hydrogens is 416 g/mol. The summed E-state index contributed by atoms with van der Waals surface area (Å²) in [7, 11) is 0. The van der Waals surface area contributed by atoms with E-state index in [1.165, 1.54) is 12.1 Å². The Balaban J connectivity index is 1.77. The second-order valence-corrected chi connectivity index (χ2v) is 6.61. The van der Waals surface area contributed by atoms with Crippen LogP contribution in [0.15, 0.2) is 57.8 Å². The Morgan fingerprint density at radius 1 is 1.06 bits per heavy atom. The van der Waals surface area contributed by atoms with Gasteiger partial charge in [0.05, 0.1) is 12.6 Å². The van der Waals surface area contributed by atoms with E-state index >= 15 is 0 Å². The van der Waals surface area contributed by atoms with Gasteiger partial charge in [-0.3, -0.25) is 15.0 Å². The Morgan fingerprint density at radius 2 is 1.71 bits per heavy atom. The van der Waals surface area contributed by atoms with Crippen LogP contribution in [-0.2, 0) is 11.3 Å². The van der Waals surface area contributed by atoms with Gasteiger partial charge in [-0.05, 0) is 28.8 Å². The number of hydrazine groups is 1. The zero-order chi connectivity index (χ0) is 22.5. The highest BCUT2D eigenvalue weighted by molar-refractivity contribution is 5.90. The van der Waals surface area contributed by atoms with E-state index in [0.29, 0.717) is 16.7 Å². The minimum absolute atomic E-state index is 0.0253. The summed E-state index contributed by atoms with van der Waals surface area (Å²) in [5.41, 5.74) is 3.19. The first-order valence-corrected chi connectivity index (χ1v) is 8.92.